The van der Waals surface area contributed by atoms with E-state index in [0.29, 0.717) is 4.68 Å². The molecule has 0 saturated heterocycles. The lowest BCUT2D eigenvalue weighted by molar-refractivity contribution is 0.0378. The van der Waals surface area contributed by atoms with Gasteiger partial charge < -0.3 is 15.8 Å². The molecule has 2 aromatic heterocycles. The van der Waals surface area contributed by atoms with Crippen molar-refractivity contribution >= 4 is 34.1 Å². The molecule has 140 valence electrons. The maximum Gasteiger partial charge on any atom is 0.341 e. The molecule has 2 aromatic rings. The van der Waals surface area contributed by atoms with Gasteiger partial charge in [0.1, 0.15) is 5.00 Å². The van der Waals surface area contributed by atoms with Crippen LogP contribution in [0.2, 0.25) is 0 Å². The van der Waals surface area contributed by atoms with Gasteiger partial charge in [-0.15, -0.1) is 11.3 Å². The van der Waals surface area contributed by atoms with E-state index in [4.69, 9.17) is 10.5 Å². The Morgan fingerprint density at radius 1 is 1.35 bits per heavy atom. The SMILES string of the molecule is Cc1c(C(N)=O)sc(NC(=O)c2ccn(C(F)F)n2)c1C(=O)OC(C)C. The van der Waals surface area contributed by atoms with Crippen molar-refractivity contribution in [2.45, 2.75) is 33.4 Å². The topological polar surface area (TPSA) is 116 Å². The van der Waals surface area contributed by atoms with Crippen molar-refractivity contribution in [1.29, 1.82) is 0 Å². The number of hydrogen-bond donors (Lipinski definition) is 2. The maximum atomic E-state index is 12.6. The van der Waals surface area contributed by atoms with Crippen molar-refractivity contribution in [3.8, 4) is 0 Å². The molecule has 0 saturated carbocycles. The molecule has 0 aliphatic rings. The van der Waals surface area contributed by atoms with Crippen LogP contribution in [-0.2, 0) is 4.74 Å². The average molecular weight is 386 g/mol. The van der Waals surface area contributed by atoms with Gasteiger partial charge in [-0.1, -0.05) is 0 Å². The van der Waals surface area contributed by atoms with E-state index in [0.717, 1.165) is 23.6 Å². The quantitative estimate of drug-likeness (QED) is 0.740. The minimum absolute atomic E-state index is 0.0147. The first-order valence-corrected chi connectivity index (χ1v) is 8.22. The van der Waals surface area contributed by atoms with Crippen LogP contribution in [0.4, 0.5) is 13.8 Å². The fourth-order valence-corrected chi connectivity index (χ4v) is 3.13. The number of carbonyl (C=O) groups is 3. The molecule has 3 N–H and O–H groups in total. The van der Waals surface area contributed by atoms with Gasteiger partial charge in [0.25, 0.3) is 11.8 Å². The van der Waals surface area contributed by atoms with Crippen molar-refractivity contribution in [3.63, 3.8) is 0 Å². The lowest BCUT2D eigenvalue weighted by Crippen LogP contribution is -2.17. The third-order valence-corrected chi connectivity index (χ3v) is 4.41. The first-order valence-electron chi connectivity index (χ1n) is 7.40. The van der Waals surface area contributed by atoms with Crippen LogP contribution >= 0.6 is 11.3 Å². The van der Waals surface area contributed by atoms with E-state index in [1.165, 1.54) is 6.92 Å². The molecule has 2 heterocycles. The number of carbonyl (C=O) groups excluding carboxylic acids is 3. The third-order valence-electron chi connectivity index (χ3n) is 3.19. The Morgan fingerprint density at radius 3 is 2.50 bits per heavy atom. The molecule has 0 unspecified atom stereocenters. The normalized spacial score (nSPS) is 11.0. The summed E-state index contributed by atoms with van der Waals surface area (Å²) in [5, 5.41) is 5.87. The monoisotopic (exact) mass is 386 g/mol. The van der Waals surface area contributed by atoms with Crippen molar-refractivity contribution in [3.05, 3.63) is 34.0 Å². The van der Waals surface area contributed by atoms with Crippen LogP contribution in [0.15, 0.2) is 12.3 Å². The molecule has 0 bridgehead atoms. The van der Waals surface area contributed by atoms with Gasteiger partial charge in [-0.05, 0) is 32.4 Å². The predicted molar refractivity (Wildman–Crippen MR) is 89.6 cm³/mol. The Morgan fingerprint density at radius 2 is 2.00 bits per heavy atom. The summed E-state index contributed by atoms with van der Waals surface area (Å²) in [6.45, 7) is 1.89. The fourth-order valence-electron chi connectivity index (χ4n) is 2.09. The number of anilines is 1. The number of esters is 1. The summed E-state index contributed by atoms with van der Waals surface area (Å²) in [5.41, 5.74) is 5.26. The highest BCUT2D eigenvalue weighted by molar-refractivity contribution is 7.18. The number of rotatable bonds is 6. The summed E-state index contributed by atoms with van der Waals surface area (Å²) in [7, 11) is 0. The number of nitrogens with one attached hydrogen (secondary N) is 1. The van der Waals surface area contributed by atoms with Gasteiger partial charge in [-0.3, -0.25) is 9.59 Å². The smallest absolute Gasteiger partial charge is 0.341 e. The molecule has 8 nitrogen and oxygen atoms in total. The Hall–Kier alpha value is -2.82. The maximum absolute atomic E-state index is 12.6. The van der Waals surface area contributed by atoms with E-state index in [2.05, 4.69) is 10.4 Å². The number of halogens is 2. The fraction of sp³-hybridized carbons (Fsp3) is 0.333. The van der Waals surface area contributed by atoms with Crippen molar-refractivity contribution in [1.82, 2.24) is 9.78 Å². The van der Waals surface area contributed by atoms with E-state index >= 15 is 0 Å². The first kappa shape index (κ1) is 19.5. The number of alkyl halides is 2. The number of aromatic nitrogens is 2. The van der Waals surface area contributed by atoms with E-state index in [9.17, 15) is 23.2 Å². The molecule has 0 radical (unpaired) electrons. The van der Waals surface area contributed by atoms with Crippen LogP contribution in [0.1, 0.15) is 56.5 Å². The number of thiophene rings is 1. The number of nitrogens with zero attached hydrogens (tertiary/aromatic N) is 2. The minimum Gasteiger partial charge on any atom is -0.459 e. The second-order valence-corrected chi connectivity index (χ2v) is 6.51. The number of amides is 2. The molecular weight excluding hydrogens is 370 g/mol. The average Bonchev–Trinajstić information content (AvgIpc) is 3.11. The Labute approximate surface area is 150 Å². The van der Waals surface area contributed by atoms with Crippen LogP contribution in [0, 0.1) is 6.92 Å². The molecule has 11 heteroatoms. The molecule has 0 atom stereocenters. The second-order valence-electron chi connectivity index (χ2n) is 5.49. The van der Waals surface area contributed by atoms with Gasteiger partial charge in [0.05, 0.1) is 16.5 Å². The van der Waals surface area contributed by atoms with Crippen molar-refractivity contribution < 1.29 is 27.9 Å². The predicted octanol–water partition coefficient (Wildman–Crippen LogP) is 2.56. The molecule has 0 aliphatic carbocycles. The van der Waals surface area contributed by atoms with Gasteiger partial charge in [0, 0.05) is 6.20 Å². The van der Waals surface area contributed by atoms with Crippen molar-refractivity contribution in [2.24, 2.45) is 5.73 Å². The summed E-state index contributed by atoms with van der Waals surface area (Å²) in [4.78, 5) is 36.2. The van der Waals surface area contributed by atoms with Crippen molar-refractivity contribution in [2.75, 3.05) is 5.32 Å². The second kappa shape index (κ2) is 7.60. The van der Waals surface area contributed by atoms with E-state index < -0.39 is 30.4 Å². The molecule has 2 rings (SSSR count). The van der Waals surface area contributed by atoms with Gasteiger partial charge in [0.2, 0.25) is 0 Å². The molecular formula is C15H16F2N4O4S. The van der Waals surface area contributed by atoms with E-state index in [-0.39, 0.29) is 26.7 Å². The summed E-state index contributed by atoms with van der Waals surface area (Å²) >= 11 is 0.796. The van der Waals surface area contributed by atoms with Gasteiger partial charge in [-0.25, -0.2) is 9.48 Å². The highest BCUT2D eigenvalue weighted by atomic mass is 32.1. The number of primary amides is 1. The molecule has 0 spiro atoms. The van der Waals surface area contributed by atoms with Crippen LogP contribution in [0.25, 0.3) is 0 Å². The Bertz CT molecular complexity index is 860. The minimum atomic E-state index is -2.89. The zero-order valence-corrected chi connectivity index (χ0v) is 14.9. The molecule has 26 heavy (non-hydrogen) atoms. The van der Waals surface area contributed by atoms with Crippen LogP contribution in [0.5, 0.6) is 0 Å². The largest absolute Gasteiger partial charge is 0.459 e. The van der Waals surface area contributed by atoms with E-state index in [1.807, 2.05) is 0 Å². The zero-order valence-electron chi connectivity index (χ0n) is 14.1. The number of hydrogen-bond acceptors (Lipinski definition) is 6. The Balaban J connectivity index is 2.37. The molecule has 2 amide bonds. The Kier molecular flexibility index (Phi) is 5.70. The summed E-state index contributed by atoms with van der Waals surface area (Å²) in [5.74, 6) is -2.33. The highest BCUT2D eigenvalue weighted by Gasteiger charge is 2.27. The highest BCUT2D eigenvalue weighted by Crippen LogP contribution is 2.34. The lowest BCUT2D eigenvalue weighted by atomic mass is 10.1. The van der Waals surface area contributed by atoms with E-state index in [1.54, 1.807) is 13.8 Å². The van der Waals surface area contributed by atoms with Gasteiger partial charge in [0.15, 0.2) is 5.69 Å². The standard InChI is InChI=1S/C15H16F2N4O4S/c1-6(2)25-14(24)9-7(3)10(11(18)22)26-13(9)19-12(23)8-4-5-21(20-8)15(16)17/h4-6,15H,1-3H3,(H2,18,22)(H,19,23). The number of nitrogens with two attached hydrogens (primary N) is 1. The van der Waals surface area contributed by atoms with Crippen LogP contribution < -0.4 is 11.1 Å². The number of ether oxygens (including phenoxy) is 1. The third kappa shape index (κ3) is 4.04. The first-order chi connectivity index (χ1) is 12.1. The van der Waals surface area contributed by atoms with Crippen LogP contribution in [0.3, 0.4) is 0 Å². The summed E-state index contributed by atoms with van der Waals surface area (Å²) < 4.78 is 30.6. The summed E-state index contributed by atoms with van der Waals surface area (Å²) in [6.07, 6.45) is 0.520. The zero-order chi connectivity index (χ0) is 19.6. The summed E-state index contributed by atoms with van der Waals surface area (Å²) in [6, 6.07) is 1.10. The molecule has 0 aromatic carbocycles. The molecule has 0 aliphatic heterocycles. The van der Waals surface area contributed by atoms with Gasteiger partial charge >= 0.3 is 12.5 Å². The lowest BCUT2D eigenvalue weighted by Gasteiger charge is -2.10. The van der Waals surface area contributed by atoms with Crippen LogP contribution in [-0.4, -0.2) is 33.7 Å². The molecule has 0 fully saturated rings. The van der Waals surface area contributed by atoms with Gasteiger partial charge in [-0.2, -0.15) is 13.9 Å².